The van der Waals surface area contributed by atoms with Gasteiger partial charge in [-0.1, -0.05) is 6.92 Å². The zero-order valence-corrected chi connectivity index (χ0v) is 8.29. The molecule has 0 aromatic carbocycles. The lowest BCUT2D eigenvalue weighted by atomic mass is 10.1. The van der Waals surface area contributed by atoms with Crippen LogP contribution in [0.2, 0.25) is 0 Å². The molecule has 1 heterocycles. The van der Waals surface area contributed by atoms with Crippen LogP contribution in [0.1, 0.15) is 33.6 Å². The Morgan fingerprint density at radius 2 is 2.15 bits per heavy atom. The van der Waals surface area contributed by atoms with Crippen molar-refractivity contribution >= 4 is 5.97 Å². The van der Waals surface area contributed by atoms with Gasteiger partial charge in [-0.05, 0) is 20.3 Å². The molecule has 1 rings (SSSR count). The number of hydrogen-bond donors (Lipinski definition) is 1. The number of carboxylic acids is 1. The number of carboxylic acid groups (broad SMARTS) is 1. The molecule has 0 aromatic rings. The molecule has 2 unspecified atom stereocenters. The summed E-state index contributed by atoms with van der Waals surface area (Å²) in [4.78, 5) is 10.5. The van der Waals surface area contributed by atoms with Crippen molar-refractivity contribution in [2.45, 2.75) is 45.0 Å². The van der Waals surface area contributed by atoms with Crippen LogP contribution in [0.3, 0.4) is 0 Å². The van der Waals surface area contributed by atoms with Gasteiger partial charge in [0.25, 0.3) is 0 Å². The van der Waals surface area contributed by atoms with Gasteiger partial charge < -0.3 is 14.6 Å². The Labute approximate surface area is 77.8 Å². The fourth-order valence-electron chi connectivity index (χ4n) is 1.42. The summed E-state index contributed by atoms with van der Waals surface area (Å²) in [6.07, 6.45) is 0.713. The molecule has 0 spiro atoms. The fourth-order valence-corrected chi connectivity index (χ4v) is 1.42. The minimum atomic E-state index is -0.948. The standard InChI is InChI=1S/C9H16O4/c1-4-8(2)6-12-9(3,13-8)5-7(10)11/h4-6H2,1-3H3,(H,10,11). The number of rotatable bonds is 3. The molecule has 0 radical (unpaired) electrons. The monoisotopic (exact) mass is 188 g/mol. The molecule has 0 amide bonds. The van der Waals surface area contributed by atoms with Gasteiger partial charge in [0, 0.05) is 0 Å². The molecular formula is C9H16O4. The van der Waals surface area contributed by atoms with E-state index in [0.717, 1.165) is 6.42 Å². The molecule has 76 valence electrons. The summed E-state index contributed by atoms with van der Waals surface area (Å²) in [7, 11) is 0. The van der Waals surface area contributed by atoms with Crippen LogP contribution in [0, 0.1) is 0 Å². The molecule has 0 bridgehead atoms. The van der Waals surface area contributed by atoms with Crippen molar-refractivity contribution in [3.05, 3.63) is 0 Å². The van der Waals surface area contributed by atoms with Crippen molar-refractivity contribution in [3.63, 3.8) is 0 Å². The third-order valence-corrected chi connectivity index (χ3v) is 2.37. The number of aliphatic carboxylic acids is 1. The van der Waals surface area contributed by atoms with E-state index < -0.39 is 11.8 Å². The highest BCUT2D eigenvalue weighted by Crippen LogP contribution is 2.35. The van der Waals surface area contributed by atoms with Crippen LogP contribution in [-0.4, -0.2) is 29.1 Å². The van der Waals surface area contributed by atoms with E-state index >= 15 is 0 Å². The van der Waals surface area contributed by atoms with Gasteiger partial charge in [0.1, 0.15) is 0 Å². The first-order chi connectivity index (χ1) is 5.89. The van der Waals surface area contributed by atoms with E-state index in [2.05, 4.69) is 0 Å². The van der Waals surface area contributed by atoms with Crippen molar-refractivity contribution in [1.29, 1.82) is 0 Å². The van der Waals surface area contributed by atoms with Gasteiger partial charge >= 0.3 is 5.97 Å². The first-order valence-corrected chi connectivity index (χ1v) is 4.45. The Morgan fingerprint density at radius 1 is 1.54 bits per heavy atom. The number of carbonyl (C=O) groups is 1. The second kappa shape index (κ2) is 3.27. The highest BCUT2D eigenvalue weighted by atomic mass is 16.8. The molecule has 0 aromatic heterocycles. The molecule has 0 aliphatic carbocycles. The topological polar surface area (TPSA) is 55.8 Å². The van der Waals surface area contributed by atoms with Gasteiger partial charge in [0.05, 0.1) is 18.6 Å². The Hall–Kier alpha value is -0.610. The van der Waals surface area contributed by atoms with E-state index in [1.807, 2.05) is 13.8 Å². The second-order valence-electron chi connectivity index (χ2n) is 3.90. The molecule has 4 nitrogen and oxygen atoms in total. The predicted octanol–water partition coefficient (Wildman–Crippen LogP) is 1.39. The summed E-state index contributed by atoms with van der Waals surface area (Å²) in [5.74, 6) is -1.85. The van der Waals surface area contributed by atoms with Crippen LogP contribution in [0.15, 0.2) is 0 Å². The van der Waals surface area contributed by atoms with Crippen LogP contribution in [0.4, 0.5) is 0 Å². The lowest BCUT2D eigenvalue weighted by Gasteiger charge is -2.25. The van der Waals surface area contributed by atoms with Crippen LogP contribution >= 0.6 is 0 Å². The van der Waals surface area contributed by atoms with Crippen LogP contribution < -0.4 is 0 Å². The smallest absolute Gasteiger partial charge is 0.308 e. The van der Waals surface area contributed by atoms with Gasteiger partial charge in [0.15, 0.2) is 5.79 Å². The second-order valence-corrected chi connectivity index (χ2v) is 3.90. The predicted molar refractivity (Wildman–Crippen MR) is 46.4 cm³/mol. The first kappa shape index (κ1) is 10.5. The maximum absolute atomic E-state index is 10.5. The van der Waals surface area contributed by atoms with Gasteiger partial charge in [0.2, 0.25) is 0 Å². The zero-order valence-electron chi connectivity index (χ0n) is 8.29. The summed E-state index contributed by atoms with van der Waals surface area (Å²) in [5, 5.41) is 8.62. The Bertz CT molecular complexity index is 216. The van der Waals surface area contributed by atoms with Gasteiger partial charge in [-0.15, -0.1) is 0 Å². The lowest BCUT2D eigenvalue weighted by Crippen LogP contribution is -2.33. The van der Waals surface area contributed by atoms with Crippen molar-refractivity contribution in [2.24, 2.45) is 0 Å². The van der Waals surface area contributed by atoms with Crippen molar-refractivity contribution in [1.82, 2.24) is 0 Å². The summed E-state index contributed by atoms with van der Waals surface area (Å²) in [5.41, 5.74) is -0.329. The molecule has 2 atom stereocenters. The minimum absolute atomic E-state index is 0.109. The number of ether oxygens (including phenoxy) is 2. The number of hydrogen-bond acceptors (Lipinski definition) is 3. The largest absolute Gasteiger partial charge is 0.481 e. The average Bonchev–Trinajstić information content (AvgIpc) is 2.27. The van der Waals surface area contributed by atoms with E-state index in [-0.39, 0.29) is 12.0 Å². The molecule has 1 aliphatic heterocycles. The van der Waals surface area contributed by atoms with Crippen molar-refractivity contribution in [2.75, 3.05) is 6.61 Å². The maximum atomic E-state index is 10.5. The molecule has 0 saturated carbocycles. The van der Waals surface area contributed by atoms with E-state index in [4.69, 9.17) is 14.6 Å². The highest BCUT2D eigenvalue weighted by molar-refractivity contribution is 5.67. The zero-order chi connectivity index (χ0) is 10.1. The molecule has 1 N–H and O–H groups in total. The van der Waals surface area contributed by atoms with Gasteiger partial charge in [-0.3, -0.25) is 4.79 Å². The van der Waals surface area contributed by atoms with E-state index in [9.17, 15) is 4.79 Å². The molecule has 13 heavy (non-hydrogen) atoms. The van der Waals surface area contributed by atoms with Crippen molar-refractivity contribution < 1.29 is 19.4 Å². The SMILES string of the molecule is CCC1(C)COC(C)(CC(=O)O)O1. The quantitative estimate of drug-likeness (QED) is 0.727. The lowest BCUT2D eigenvalue weighted by molar-refractivity contribution is -0.187. The van der Waals surface area contributed by atoms with Crippen LogP contribution in [-0.2, 0) is 14.3 Å². The Morgan fingerprint density at radius 3 is 2.54 bits per heavy atom. The Kier molecular flexibility index (Phi) is 2.63. The molecule has 1 saturated heterocycles. The third kappa shape index (κ3) is 2.42. The summed E-state index contributed by atoms with van der Waals surface area (Å²) in [6, 6.07) is 0. The van der Waals surface area contributed by atoms with Crippen LogP contribution in [0.25, 0.3) is 0 Å². The molecule has 1 fully saturated rings. The summed E-state index contributed by atoms with van der Waals surface area (Å²) in [6.45, 7) is 6.06. The van der Waals surface area contributed by atoms with Crippen molar-refractivity contribution in [3.8, 4) is 0 Å². The van der Waals surface area contributed by atoms with Gasteiger partial charge in [-0.25, -0.2) is 0 Å². The molecular weight excluding hydrogens is 172 g/mol. The third-order valence-electron chi connectivity index (χ3n) is 2.37. The normalized spacial score (nSPS) is 39.3. The van der Waals surface area contributed by atoms with Crippen LogP contribution in [0.5, 0.6) is 0 Å². The van der Waals surface area contributed by atoms with E-state index in [1.165, 1.54) is 0 Å². The average molecular weight is 188 g/mol. The van der Waals surface area contributed by atoms with Gasteiger partial charge in [-0.2, -0.15) is 0 Å². The maximum Gasteiger partial charge on any atom is 0.308 e. The minimum Gasteiger partial charge on any atom is -0.481 e. The fraction of sp³-hybridized carbons (Fsp3) is 0.889. The summed E-state index contributed by atoms with van der Waals surface area (Å²) < 4.78 is 10.9. The molecule has 1 aliphatic rings. The Balaban J connectivity index is 2.61. The molecule has 4 heteroatoms. The first-order valence-electron chi connectivity index (χ1n) is 4.45. The highest BCUT2D eigenvalue weighted by Gasteiger charge is 2.44. The van der Waals surface area contributed by atoms with E-state index in [1.54, 1.807) is 6.92 Å². The summed E-state index contributed by atoms with van der Waals surface area (Å²) >= 11 is 0. The van der Waals surface area contributed by atoms with E-state index in [0.29, 0.717) is 6.61 Å².